The second-order valence-corrected chi connectivity index (χ2v) is 7.81. The molecular weight excluding hydrogens is 391 g/mol. The number of halogens is 1. The summed E-state index contributed by atoms with van der Waals surface area (Å²) in [6.45, 7) is 0. The van der Waals surface area contributed by atoms with Gasteiger partial charge in [-0.05, 0) is 66.5 Å². The Hall–Kier alpha value is -2.85. The minimum atomic E-state index is -3.79. The Morgan fingerprint density at radius 1 is 0.963 bits per heavy atom. The van der Waals surface area contributed by atoms with E-state index in [0.717, 1.165) is 4.90 Å². The second-order valence-electron chi connectivity index (χ2n) is 5.25. The summed E-state index contributed by atoms with van der Waals surface area (Å²) in [5.41, 5.74) is 0.701. The minimum absolute atomic E-state index is 0.0810. The number of nitrogens with zero attached hydrogens (tertiary/aromatic N) is 2. The van der Waals surface area contributed by atoms with Gasteiger partial charge in [0.05, 0.1) is 12.0 Å². The van der Waals surface area contributed by atoms with Crippen LogP contribution in [0, 0.1) is 5.82 Å². The molecule has 0 radical (unpaired) electrons. The lowest BCUT2D eigenvalue weighted by atomic mass is 10.3. The number of nitrogens with one attached hydrogen (secondary N) is 2. The zero-order chi connectivity index (χ0) is 19.3. The summed E-state index contributed by atoms with van der Waals surface area (Å²) in [5.74, 6) is 0.0693. The van der Waals surface area contributed by atoms with E-state index in [9.17, 15) is 12.8 Å². The van der Waals surface area contributed by atoms with Gasteiger partial charge in [-0.15, -0.1) is 10.2 Å². The first-order valence-electron chi connectivity index (χ1n) is 7.65. The molecule has 3 aromatic rings. The summed E-state index contributed by atoms with van der Waals surface area (Å²) in [7, 11) is -2.35. The summed E-state index contributed by atoms with van der Waals surface area (Å²) in [5, 5.41) is 7.45. The first-order valence-corrected chi connectivity index (χ1v) is 9.95. The summed E-state index contributed by atoms with van der Waals surface area (Å²) in [4.78, 5) is 0.908. The third kappa shape index (κ3) is 5.08. The van der Waals surface area contributed by atoms with Crippen molar-refractivity contribution < 1.29 is 17.5 Å². The molecule has 0 unspecified atom stereocenters. The lowest BCUT2D eigenvalue weighted by Gasteiger charge is -2.09. The molecule has 3 rings (SSSR count). The zero-order valence-electron chi connectivity index (χ0n) is 14.1. The van der Waals surface area contributed by atoms with Crippen molar-refractivity contribution in [1.82, 2.24) is 10.2 Å². The highest BCUT2D eigenvalue weighted by molar-refractivity contribution is 8.00. The molecule has 0 aliphatic rings. The molecule has 1 aromatic heterocycles. The average molecular weight is 406 g/mol. The molecule has 0 atom stereocenters. The van der Waals surface area contributed by atoms with E-state index in [1.165, 1.54) is 55.5 Å². The van der Waals surface area contributed by atoms with Crippen LogP contribution in [0.2, 0.25) is 0 Å². The monoisotopic (exact) mass is 406 g/mol. The number of anilines is 2. The number of sulfonamides is 1. The minimum Gasteiger partial charge on any atom is -0.480 e. The molecule has 0 bridgehead atoms. The molecule has 0 fully saturated rings. The number of methoxy groups -OCH3 is 1. The smallest absolute Gasteiger partial charge is 0.263 e. The van der Waals surface area contributed by atoms with Gasteiger partial charge in [-0.2, -0.15) is 0 Å². The maximum Gasteiger partial charge on any atom is 0.263 e. The molecule has 10 heteroatoms. The summed E-state index contributed by atoms with van der Waals surface area (Å²) >= 11 is 1.29. The van der Waals surface area contributed by atoms with Gasteiger partial charge in [0.15, 0.2) is 5.82 Å². The topological polar surface area (TPSA) is 93.2 Å². The molecule has 0 saturated carbocycles. The van der Waals surface area contributed by atoms with E-state index in [0.29, 0.717) is 5.69 Å². The van der Waals surface area contributed by atoms with Crippen molar-refractivity contribution in [3.05, 3.63) is 66.5 Å². The van der Waals surface area contributed by atoms with E-state index in [4.69, 9.17) is 4.74 Å². The fourth-order valence-electron chi connectivity index (χ4n) is 2.00. The lowest BCUT2D eigenvalue weighted by Crippen LogP contribution is -2.14. The van der Waals surface area contributed by atoms with Crippen molar-refractivity contribution >= 4 is 33.5 Å². The first kappa shape index (κ1) is 18.9. The van der Waals surface area contributed by atoms with Crippen LogP contribution in [0.1, 0.15) is 0 Å². The third-order valence-electron chi connectivity index (χ3n) is 3.35. The van der Waals surface area contributed by atoms with E-state index >= 15 is 0 Å². The van der Waals surface area contributed by atoms with Crippen LogP contribution in [0.4, 0.5) is 15.9 Å². The van der Waals surface area contributed by atoms with E-state index in [-0.39, 0.29) is 22.4 Å². The quantitative estimate of drug-likeness (QED) is 0.580. The highest BCUT2D eigenvalue weighted by Gasteiger charge is 2.15. The number of ether oxygens (including phenoxy) is 1. The highest BCUT2D eigenvalue weighted by atomic mass is 32.2. The molecule has 0 saturated heterocycles. The number of hydrogen-bond donors (Lipinski definition) is 2. The predicted octanol–water partition coefficient (Wildman–Crippen LogP) is 3.54. The largest absolute Gasteiger partial charge is 0.480 e. The van der Waals surface area contributed by atoms with E-state index in [1.54, 1.807) is 24.3 Å². The van der Waals surface area contributed by atoms with Crippen molar-refractivity contribution in [2.24, 2.45) is 0 Å². The highest BCUT2D eigenvalue weighted by Crippen LogP contribution is 2.23. The van der Waals surface area contributed by atoms with Gasteiger partial charge in [-0.3, -0.25) is 4.72 Å². The summed E-state index contributed by atoms with van der Waals surface area (Å²) in [6, 6.07) is 15.2. The SMILES string of the molecule is COc1ccc(NS(=O)(=O)c2ccc(NSc3ccc(F)cc3)cc2)nn1. The Bertz CT molecular complexity index is 996. The molecular formula is C17H15FN4O3S2. The van der Waals surface area contributed by atoms with Crippen LogP contribution in [0.25, 0.3) is 0 Å². The van der Waals surface area contributed by atoms with Crippen LogP contribution in [-0.2, 0) is 10.0 Å². The van der Waals surface area contributed by atoms with Gasteiger partial charge in [-0.1, -0.05) is 0 Å². The first-order chi connectivity index (χ1) is 13.0. The summed E-state index contributed by atoms with van der Waals surface area (Å²) in [6.07, 6.45) is 0. The van der Waals surface area contributed by atoms with E-state index in [2.05, 4.69) is 19.6 Å². The van der Waals surface area contributed by atoms with Gasteiger partial charge >= 0.3 is 0 Å². The van der Waals surface area contributed by atoms with Gasteiger partial charge in [0.1, 0.15) is 5.82 Å². The van der Waals surface area contributed by atoms with Crippen molar-refractivity contribution in [2.45, 2.75) is 9.79 Å². The maximum absolute atomic E-state index is 12.9. The zero-order valence-corrected chi connectivity index (χ0v) is 15.7. The maximum atomic E-state index is 12.9. The molecule has 2 aromatic carbocycles. The van der Waals surface area contributed by atoms with Gasteiger partial charge in [0, 0.05) is 16.6 Å². The molecule has 7 nitrogen and oxygen atoms in total. The summed E-state index contributed by atoms with van der Waals surface area (Å²) < 4.78 is 48.0. The fourth-order valence-corrected chi connectivity index (χ4v) is 3.64. The molecule has 140 valence electrons. The Kier molecular flexibility index (Phi) is 5.77. The molecule has 0 spiro atoms. The molecule has 0 aliphatic carbocycles. The lowest BCUT2D eigenvalue weighted by molar-refractivity contribution is 0.392. The molecule has 0 aliphatic heterocycles. The van der Waals surface area contributed by atoms with Crippen LogP contribution >= 0.6 is 11.9 Å². The van der Waals surface area contributed by atoms with Crippen LogP contribution < -0.4 is 14.2 Å². The van der Waals surface area contributed by atoms with E-state index < -0.39 is 10.0 Å². The van der Waals surface area contributed by atoms with Gasteiger partial charge in [0.25, 0.3) is 10.0 Å². The van der Waals surface area contributed by atoms with Gasteiger partial charge in [-0.25, -0.2) is 12.8 Å². The van der Waals surface area contributed by atoms with Crippen molar-refractivity contribution in [2.75, 3.05) is 16.6 Å². The van der Waals surface area contributed by atoms with Crippen molar-refractivity contribution in [3.63, 3.8) is 0 Å². The normalized spacial score (nSPS) is 11.0. The average Bonchev–Trinajstić information content (AvgIpc) is 2.68. The predicted molar refractivity (Wildman–Crippen MR) is 102 cm³/mol. The van der Waals surface area contributed by atoms with Crippen LogP contribution in [0.5, 0.6) is 5.88 Å². The van der Waals surface area contributed by atoms with Crippen molar-refractivity contribution in [1.29, 1.82) is 0 Å². The van der Waals surface area contributed by atoms with Crippen LogP contribution in [0.15, 0.2) is 70.5 Å². The number of aromatic nitrogens is 2. The third-order valence-corrected chi connectivity index (χ3v) is 5.57. The fraction of sp³-hybridized carbons (Fsp3) is 0.0588. The Balaban J connectivity index is 1.65. The van der Waals surface area contributed by atoms with E-state index in [1.807, 2.05) is 0 Å². The molecule has 2 N–H and O–H groups in total. The Morgan fingerprint density at radius 2 is 1.67 bits per heavy atom. The van der Waals surface area contributed by atoms with Crippen LogP contribution in [0.3, 0.4) is 0 Å². The molecule has 1 heterocycles. The molecule has 0 amide bonds. The Morgan fingerprint density at radius 3 is 2.26 bits per heavy atom. The number of hydrogen-bond acceptors (Lipinski definition) is 7. The standard InChI is InChI=1S/C17H15FN4O3S2/c1-25-17-11-10-16(19-20-17)22-27(23,24)15-8-4-13(5-9-15)21-26-14-6-2-12(18)3-7-14/h2-11,21H,1H3,(H,19,22). The Labute approximate surface area is 160 Å². The van der Waals surface area contributed by atoms with Crippen LogP contribution in [-0.4, -0.2) is 25.7 Å². The van der Waals surface area contributed by atoms with Gasteiger partial charge in [0.2, 0.25) is 5.88 Å². The number of rotatable bonds is 7. The van der Waals surface area contributed by atoms with Gasteiger partial charge < -0.3 is 9.46 Å². The number of benzene rings is 2. The molecule has 27 heavy (non-hydrogen) atoms. The van der Waals surface area contributed by atoms with Crippen molar-refractivity contribution in [3.8, 4) is 5.88 Å². The second kappa shape index (κ2) is 8.23.